The van der Waals surface area contributed by atoms with Gasteiger partial charge in [-0.3, -0.25) is 0 Å². The summed E-state index contributed by atoms with van der Waals surface area (Å²) in [7, 11) is 0. The lowest BCUT2D eigenvalue weighted by Crippen LogP contribution is -2.21. The van der Waals surface area contributed by atoms with Crippen LogP contribution in [-0.2, 0) is 0 Å². The Kier molecular flexibility index (Phi) is 4.69. The van der Waals surface area contributed by atoms with E-state index in [1.807, 2.05) is 54.6 Å². The highest BCUT2D eigenvalue weighted by molar-refractivity contribution is 9.10. The van der Waals surface area contributed by atoms with Crippen molar-refractivity contribution in [3.8, 4) is 29.9 Å². The van der Waals surface area contributed by atoms with E-state index in [2.05, 4.69) is 27.9 Å². The van der Waals surface area contributed by atoms with Crippen molar-refractivity contribution in [1.29, 1.82) is 5.26 Å². The van der Waals surface area contributed by atoms with E-state index in [0.717, 1.165) is 26.4 Å². The van der Waals surface area contributed by atoms with Crippen molar-refractivity contribution in [3.63, 3.8) is 0 Å². The lowest BCUT2D eigenvalue weighted by molar-refractivity contribution is 0.362. The minimum atomic E-state index is -0.427. The van der Waals surface area contributed by atoms with Crippen LogP contribution in [0.5, 0.6) is 11.5 Å². The average Bonchev–Trinajstić information content (AvgIpc) is 2.71. The fourth-order valence-corrected chi connectivity index (χ4v) is 3.88. The highest BCUT2D eigenvalue weighted by atomic mass is 79.9. The summed E-state index contributed by atoms with van der Waals surface area (Å²) in [5.74, 6) is 3.41. The number of nitrogens with two attached hydrogens (primary N) is 1. The second-order valence-electron chi connectivity index (χ2n) is 6.30. The molecule has 0 saturated heterocycles. The van der Waals surface area contributed by atoms with Gasteiger partial charge in [-0.05, 0) is 23.6 Å². The predicted molar refractivity (Wildman–Crippen MR) is 112 cm³/mol. The Morgan fingerprint density at radius 2 is 1.96 bits per heavy atom. The molecule has 1 heterocycles. The molecular formula is C23H15BrN2O2. The molecule has 0 aliphatic carbocycles. The molecule has 0 radical (unpaired) electrons. The van der Waals surface area contributed by atoms with Crippen LogP contribution in [0.1, 0.15) is 17.0 Å². The van der Waals surface area contributed by atoms with Gasteiger partial charge in [-0.1, -0.05) is 58.2 Å². The Balaban J connectivity index is 2.00. The summed E-state index contributed by atoms with van der Waals surface area (Å²) in [6.45, 7) is 0.128. The third-order valence-electron chi connectivity index (χ3n) is 4.70. The number of fused-ring (bicyclic) bond motifs is 3. The zero-order valence-corrected chi connectivity index (χ0v) is 16.4. The van der Waals surface area contributed by atoms with E-state index in [1.54, 1.807) is 0 Å². The summed E-state index contributed by atoms with van der Waals surface area (Å²) in [5, 5.41) is 11.8. The van der Waals surface area contributed by atoms with Crippen molar-refractivity contribution in [2.24, 2.45) is 5.73 Å². The summed E-state index contributed by atoms with van der Waals surface area (Å²) in [6, 6.07) is 19.7. The molecule has 1 atom stereocenters. The maximum Gasteiger partial charge on any atom is 0.205 e. The molecule has 28 heavy (non-hydrogen) atoms. The van der Waals surface area contributed by atoms with Crippen molar-refractivity contribution in [2.75, 3.05) is 6.61 Å². The maximum absolute atomic E-state index is 9.82. The van der Waals surface area contributed by atoms with E-state index in [9.17, 15) is 5.26 Å². The van der Waals surface area contributed by atoms with Gasteiger partial charge in [-0.2, -0.15) is 5.26 Å². The maximum atomic E-state index is 9.82. The van der Waals surface area contributed by atoms with Crippen LogP contribution in [0.4, 0.5) is 0 Å². The van der Waals surface area contributed by atoms with Gasteiger partial charge in [0.2, 0.25) is 5.88 Å². The molecule has 0 bridgehead atoms. The molecule has 0 aromatic heterocycles. The standard InChI is InChI=1S/C23H15BrN2O2/c1-2-11-27-20-10-8-15(24)12-18(20)21-17-9-7-14-5-3-4-6-16(14)22(17)28-23(26)19(21)13-25/h1,3-10,12,21H,11,26H2/t21-/m1/s1. The molecule has 0 unspecified atom stereocenters. The number of halogens is 1. The molecule has 0 amide bonds. The van der Waals surface area contributed by atoms with E-state index >= 15 is 0 Å². The lowest BCUT2D eigenvalue weighted by Gasteiger charge is -2.28. The first-order valence-corrected chi connectivity index (χ1v) is 9.38. The number of hydrogen-bond donors (Lipinski definition) is 1. The molecular weight excluding hydrogens is 416 g/mol. The molecule has 0 spiro atoms. The minimum Gasteiger partial charge on any atom is -0.481 e. The van der Waals surface area contributed by atoms with Crippen LogP contribution in [0.25, 0.3) is 10.8 Å². The SMILES string of the molecule is C#CCOc1ccc(Br)cc1[C@@H]1C(C#N)=C(N)Oc2c1ccc1ccccc21. The third kappa shape index (κ3) is 2.97. The Bertz CT molecular complexity index is 1200. The Morgan fingerprint density at radius 1 is 1.14 bits per heavy atom. The van der Waals surface area contributed by atoms with Gasteiger partial charge in [0.25, 0.3) is 0 Å². The van der Waals surface area contributed by atoms with E-state index in [-0.39, 0.29) is 12.5 Å². The fourth-order valence-electron chi connectivity index (χ4n) is 3.50. The largest absolute Gasteiger partial charge is 0.481 e. The van der Waals surface area contributed by atoms with Crippen LogP contribution >= 0.6 is 15.9 Å². The van der Waals surface area contributed by atoms with Gasteiger partial charge in [0, 0.05) is 21.0 Å². The van der Waals surface area contributed by atoms with Gasteiger partial charge >= 0.3 is 0 Å². The fraction of sp³-hybridized carbons (Fsp3) is 0.0870. The number of benzene rings is 3. The van der Waals surface area contributed by atoms with Crippen LogP contribution < -0.4 is 15.2 Å². The highest BCUT2D eigenvalue weighted by Crippen LogP contribution is 2.47. The van der Waals surface area contributed by atoms with Crippen molar-refractivity contribution >= 4 is 26.7 Å². The molecule has 0 saturated carbocycles. The molecule has 2 N–H and O–H groups in total. The molecule has 4 rings (SSSR count). The molecule has 5 heteroatoms. The summed E-state index contributed by atoms with van der Waals surface area (Å²) >= 11 is 3.51. The van der Waals surface area contributed by atoms with Gasteiger partial charge in [0.15, 0.2) is 0 Å². The van der Waals surface area contributed by atoms with Crippen LogP contribution in [0.2, 0.25) is 0 Å². The van der Waals surface area contributed by atoms with E-state index in [4.69, 9.17) is 21.6 Å². The second-order valence-corrected chi connectivity index (χ2v) is 7.22. The monoisotopic (exact) mass is 430 g/mol. The first kappa shape index (κ1) is 18.0. The summed E-state index contributed by atoms with van der Waals surface area (Å²) in [4.78, 5) is 0. The number of nitriles is 1. The predicted octanol–water partition coefficient (Wildman–Crippen LogP) is 4.83. The van der Waals surface area contributed by atoms with Crippen molar-refractivity contribution in [1.82, 2.24) is 0 Å². The molecule has 1 aliphatic rings. The molecule has 136 valence electrons. The van der Waals surface area contributed by atoms with Gasteiger partial charge in [-0.25, -0.2) is 0 Å². The van der Waals surface area contributed by atoms with Crippen molar-refractivity contribution in [3.05, 3.63) is 81.7 Å². The molecule has 3 aromatic carbocycles. The number of nitrogens with zero attached hydrogens (tertiary/aromatic N) is 1. The summed E-state index contributed by atoms with van der Waals surface area (Å²) in [5.41, 5.74) is 8.15. The van der Waals surface area contributed by atoms with Gasteiger partial charge < -0.3 is 15.2 Å². The topological polar surface area (TPSA) is 68.3 Å². The molecule has 0 fully saturated rings. The quantitative estimate of drug-likeness (QED) is 0.603. The Hall–Kier alpha value is -3.41. The number of ether oxygens (including phenoxy) is 2. The Morgan fingerprint density at radius 3 is 2.75 bits per heavy atom. The normalized spacial score (nSPS) is 15.3. The first-order valence-electron chi connectivity index (χ1n) is 8.59. The van der Waals surface area contributed by atoms with Crippen molar-refractivity contribution < 1.29 is 9.47 Å². The lowest BCUT2D eigenvalue weighted by atomic mass is 9.82. The van der Waals surface area contributed by atoms with Crippen LogP contribution in [-0.4, -0.2) is 6.61 Å². The van der Waals surface area contributed by atoms with Crippen LogP contribution in [0.3, 0.4) is 0 Å². The number of terminal acetylenes is 1. The highest BCUT2D eigenvalue weighted by Gasteiger charge is 2.33. The summed E-state index contributed by atoms with van der Waals surface area (Å²) < 4.78 is 12.5. The minimum absolute atomic E-state index is 0.0965. The van der Waals surface area contributed by atoms with Gasteiger partial charge in [-0.15, -0.1) is 6.42 Å². The third-order valence-corrected chi connectivity index (χ3v) is 5.19. The first-order chi connectivity index (χ1) is 13.6. The van der Waals surface area contributed by atoms with Gasteiger partial charge in [0.05, 0.1) is 5.92 Å². The second kappa shape index (κ2) is 7.31. The van der Waals surface area contributed by atoms with Crippen molar-refractivity contribution in [2.45, 2.75) is 5.92 Å². The average molecular weight is 431 g/mol. The van der Waals surface area contributed by atoms with Gasteiger partial charge in [0.1, 0.15) is 29.7 Å². The van der Waals surface area contributed by atoms with Crippen LogP contribution in [0.15, 0.2) is 70.5 Å². The van der Waals surface area contributed by atoms with Crippen LogP contribution in [0, 0.1) is 23.7 Å². The van der Waals surface area contributed by atoms with E-state index in [1.165, 1.54) is 0 Å². The number of allylic oxidation sites excluding steroid dienone is 1. The zero-order valence-electron chi connectivity index (χ0n) is 14.8. The van der Waals surface area contributed by atoms with E-state index in [0.29, 0.717) is 17.1 Å². The number of hydrogen-bond acceptors (Lipinski definition) is 4. The smallest absolute Gasteiger partial charge is 0.205 e. The molecule has 1 aliphatic heterocycles. The number of rotatable bonds is 3. The molecule has 3 aromatic rings. The molecule has 4 nitrogen and oxygen atoms in total. The summed E-state index contributed by atoms with van der Waals surface area (Å²) in [6.07, 6.45) is 5.36. The van der Waals surface area contributed by atoms with E-state index < -0.39 is 5.92 Å². The Labute approximate surface area is 171 Å². The zero-order chi connectivity index (χ0) is 19.7.